The van der Waals surface area contributed by atoms with Gasteiger partial charge in [-0.2, -0.15) is 0 Å². The van der Waals surface area contributed by atoms with Crippen molar-refractivity contribution in [2.24, 2.45) is 0 Å². The molecule has 24 heavy (non-hydrogen) atoms. The summed E-state index contributed by atoms with van der Waals surface area (Å²) >= 11 is 0. The third-order valence-corrected chi connectivity index (χ3v) is 4.48. The van der Waals surface area contributed by atoms with Gasteiger partial charge in [-0.1, -0.05) is 48.5 Å². The number of nitrogens with zero attached hydrogens (tertiary/aromatic N) is 1. The fraction of sp³-hybridized carbons (Fsp3) is 0.200. The first-order valence-corrected chi connectivity index (χ1v) is 8.22. The number of benzene rings is 2. The number of carbonyl (C=O) groups is 1. The standard InChI is InChI=1S/C20H19N3O/c24-20(11-19-17-7-3-1-6-15(17)12-21-19)22-13-16-10-9-14-5-2-4-8-18(14)23-16/h1-10,19,21H,11-13H2,(H,22,24). The van der Waals surface area contributed by atoms with Crippen molar-refractivity contribution < 1.29 is 4.79 Å². The highest BCUT2D eigenvalue weighted by Gasteiger charge is 2.23. The smallest absolute Gasteiger partial charge is 0.222 e. The molecular weight excluding hydrogens is 298 g/mol. The molecule has 1 aliphatic rings. The van der Waals surface area contributed by atoms with Gasteiger partial charge in [-0.05, 0) is 23.3 Å². The predicted octanol–water partition coefficient (Wildman–Crippen LogP) is 3.09. The summed E-state index contributed by atoms with van der Waals surface area (Å²) in [5.41, 5.74) is 4.35. The molecule has 1 aromatic heterocycles. The number of hydrogen-bond donors (Lipinski definition) is 2. The van der Waals surface area contributed by atoms with Crippen LogP contribution in [0.3, 0.4) is 0 Å². The SMILES string of the molecule is O=C(CC1NCc2ccccc21)NCc1ccc2ccccc2n1. The Labute approximate surface area is 140 Å². The number of para-hydroxylation sites is 1. The lowest BCUT2D eigenvalue weighted by atomic mass is 10.0. The number of nitrogens with one attached hydrogen (secondary N) is 2. The van der Waals surface area contributed by atoms with E-state index in [9.17, 15) is 4.79 Å². The molecule has 1 unspecified atom stereocenters. The van der Waals surface area contributed by atoms with E-state index in [1.807, 2.05) is 48.5 Å². The van der Waals surface area contributed by atoms with Crippen LogP contribution in [0.15, 0.2) is 60.7 Å². The van der Waals surface area contributed by atoms with Gasteiger partial charge in [-0.15, -0.1) is 0 Å². The third kappa shape index (κ3) is 3.01. The summed E-state index contributed by atoms with van der Waals surface area (Å²) in [7, 11) is 0. The van der Waals surface area contributed by atoms with Crippen LogP contribution in [-0.4, -0.2) is 10.9 Å². The van der Waals surface area contributed by atoms with Gasteiger partial charge in [0.15, 0.2) is 0 Å². The quantitative estimate of drug-likeness (QED) is 0.777. The zero-order valence-electron chi connectivity index (χ0n) is 13.3. The van der Waals surface area contributed by atoms with Crippen molar-refractivity contribution in [2.45, 2.75) is 25.6 Å². The highest BCUT2D eigenvalue weighted by Crippen LogP contribution is 2.27. The van der Waals surface area contributed by atoms with Crippen LogP contribution in [0.1, 0.15) is 29.3 Å². The molecule has 1 aliphatic heterocycles. The predicted molar refractivity (Wildman–Crippen MR) is 94.2 cm³/mol. The van der Waals surface area contributed by atoms with Crippen molar-refractivity contribution in [1.82, 2.24) is 15.6 Å². The molecular formula is C20H19N3O. The largest absolute Gasteiger partial charge is 0.350 e. The lowest BCUT2D eigenvalue weighted by Crippen LogP contribution is -2.27. The Bertz CT molecular complexity index is 891. The van der Waals surface area contributed by atoms with Crippen LogP contribution in [-0.2, 0) is 17.9 Å². The van der Waals surface area contributed by atoms with Crippen LogP contribution in [0, 0.1) is 0 Å². The second-order valence-electron chi connectivity index (χ2n) is 6.11. The van der Waals surface area contributed by atoms with Crippen LogP contribution in [0.25, 0.3) is 10.9 Å². The Morgan fingerprint density at radius 1 is 1.08 bits per heavy atom. The van der Waals surface area contributed by atoms with Gasteiger partial charge in [0.2, 0.25) is 5.91 Å². The Morgan fingerprint density at radius 2 is 1.92 bits per heavy atom. The number of rotatable bonds is 4. The Morgan fingerprint density at radius 3 is 2.88 bits per heavy atom. The van der Waals surface area contributed by atoms with Crippen molar-refractivity contribution in [3.63, 3.8) is 0 Å². The van der Waals surface area contributed by atoms with Crippen molar-refractivity contribution in [2.75, 3.05) is 0 Å². The molecule has 2 aromatic carbocycles. The van der Waals surface area contributed by atoms with E-state index in [1.54, 1.807) is 0 Å². The number of pyridine rings is 1. The fourth-order valence-electron chi connectivity index (χ4n) is 3.21. The number of hydrogen-bond acceptors (Lipinski definition) is 3. The fourth-order valence-corrected chi connectivity index (χ4v) is 3.21. The van der Waals surface area contributed by atoms with Crippen molar-refractivity contribution >= 4 is 16.8 Å². The maximum atomic E-state index is 12.3. The van der Waals surface area contributed by atoms with Crippen LogP contribution in [0.2, 0.25) is 0 Å². The summed E-state index contributed by atoms with van der Waals surface area (Å²) in [6, 6.07) is 20.4. The molecule has 1 amide bonds. The third-order valence-electron chi connectivity index (χ3n) is 4.48. The van der Waals surface area contributed by atoms with Gasteiger partial charge < -0.3 is 10.6 Å². The Balaban J connectivity index is 1.38. The normalized spacial score (nSPS) is 16.1. The van der Waals surface area contributed by atoms with Gasteiger partial charge in [0.1, 0.15) is 0 Å². The maximum Gasteiger partial charge on any atom is 0.222 e. The van der Waals surface area contributed by atoms with Gasteiger partial charge in [0, 0.05) is 24.4 Å². The van der Waals surface area contributed by atoms with E-state index in [2.05, 4.69) is 27.8 Å². The van der Waals surface area contributed by atoms with Gasteiger partial charge in [0.05, 0.1) is 17.8 Å². The topological polar surface area (TPSA) is 54.0 Å². The molecule has 120 valence electrons. The molecule has 0 saturated heterocycles. The van der Waals surface area contributed by atoms with E-state index in [0.29, 0.717) is 13.0 Å². The number of fused-ring (bicyclic) bond motifs is 2. The summed E-state index contributed by atoms with van der Waals surface area (Å²) in [5.74, 6) is 0.0409. The first kappa shape index (κ1) is 14.8. The summed E-state index contributed by atoms with van der Waals surface area (Å²) in [4.78, 5) is 16.9. The minimum Gasteiger partial charge on any atom is -0.350 e. The van der Waals surface area contributed by atoms with Crippen LogP contribution in [0.5, 0.6) is 0 Å². The van der Waals surface area contributed by atoms with E-state index in [4.69, 9.17) is 0 Å². The summed E-state index contributed by atoms with van der Waals surface area (Å²) in [6.45, 7) is 1.29. The zero-order chi connectivity index (χ0) is 16.4. The van der Waals surface area contributed by atoms with Gasteiger partial charge >= 0.3 is 0 Å². The molecule has 3 aromatic rings. The maximum absolute atomic E-state index is 12.3. The molecule has 0 bridgehead atoms. The molecule has 0 saturated carbocycles. The molecule has 1 atom stereocenters. The average molecular weight is 317 g/mol. The van der Waals surface area contributed by atoms with Gasteiger partial charge in [-0.3, -0.25) is 9.78 Å². The molecule has 0 spiro atoms. The molecule has 0 fully saturated rings. The van der Waals surface area contributed by atoms with E-state index >= 15 is 0 Å². The molecule has 4 rings (SSSR count). The average Bonchev–Trinajstić information content (AvgIpc) is 3.03. The van der Waals surface area contributed by atoms with E-state index in [1.165, 1.54) is 11.1 Å². The van der Waals surface area contributed by atoms with Crippen LogP contribution < -0.4 is 10.6 Å². The van der Waals surface area contributed by atoms with Gasteiger partial charge in [-0.25, -0.2) is 0 Å². The summed E-state index contributed by atoms with van der Waals surface area (Å²) < 4.78 is 0. The molecule has 4 heteroatoms. The van der Waals surface area contributed by atoms with Crippen LogP contribution >= 0.6 is 0 Å². The van der Waals surface area contributed by atoms with Crippen molar-refractivity contribution in [3.05, 3.63) is 77.5 Å². The number of aromatic nitrogens is 1. The molecule has 2 heterocycles. The minimum atomic E-state index is 0.0409. The second kappa shape index (κ2) is 6.42. The van der Waals surface area contributed by atoms with Crippen LogP contribution in [0.4, 0.5) is 0 Å². The molecule has 0 aliphatic carbocycles. The number of amides is 1. The highest BCUT2D eigenvalue weighted by molar-refractivity contribution is 5.79. The molecule has 0 radical (unpaired) electrons. The first-order chi connectivity index (χ1) is 11.8. The zero-order valence-corrected chi connectivity index (χ0v) is 13.3. The Hall–Kier alpha value is -2.72. The minimum absolute atomic E-state index is 0.0409. The lowest BCUT2D eigenvalue weighted by molar-refractivity contribution is -0.121. The highest BCUT2D eigenvalue weighted by atomic mass is 16.1. The molecule has 4 nitrogen and oxygen atoms in total. The van der Waals surface area contributed by atoms with Gasteiger partial charge in [0.25, 0.3) is 0 Å². The van der Waals surface area contributed by atoms with E-state index in [0.717, 1.165) is 23.1 Å². The lowest BCUT2D eigenvalue weighted by Gasteiger charge is -2.12. The summed E-state index contributed by atoms with van der Waals surface area (Å²) in [6.07, 6.45) is 0.449. The van der Waals surface area contributed by atoms with E-state index < -0.39 is 0 Å². The number of carbonyl (C=O) groups excluding carboxylic acids is 1. The van der Waals surface area contributed by atoms with Crippen molar-refractivity contribution in [1.29, 1.82) is 0 Å². The molecule has 2 N–H and O–H groups in total. The first-order valence-electron chi connectivity index (χ1n) is 8.22. The van der Waals surface area contributed by atoms with E-state index in [-0.39, 0.29) is 11.9 Å². The monoisotopic (exact) mass is 317 g/mol. The van der Waals surface area contributed by atoms with Crippen molar-refractivity contribution in [3.8, 4) is 0 Å². The Kier molecular flexibility index (Phi) is 3.97. The second-order valence-corrected chi connectivity index (χ2v) is 6.11. The summed E-state index contributed by atoms with van der Waals surface area (Å²) in [5, 5.41) is 7.49.